The van der Waals surface area contributed by atoms with Crippen molar-refractivity contribution in [3.63, 3.8) is 0 Å². The highest BCUT2D eigenvalue weighted by molar-refractivity contribution is 6.74. The average Bonchev–Trinajstić information content (AvgIpc) is 2.13. The van der Waals surface area contributed by atoms with Gasteiger partial charge in [0.05, 0.1) is 26.1 Å². The molecule has 1 atom stereocenters. The molecule has 0 aliphatic heterocycles. The van der Waals surface area contributed by atoms with Gasteiger partial charge in [-0.3, -0.25) is 9.59 Å². The number of carbonyl (C=O) groups excluding carboxylic acids is 1. The fourth-order valence-corrected chi connectivity index (χ4v) is 2.57. The van der Waals surface area contributed by atoms with Gasteiger partial charge in [0, 0.05) is 0 Å². The van der Waals surface area contributed by atoms with Gasteiger partial charge in [-0.15, -0.1) is 0 Å². The summed E-state index contributed by atoms with van der Waals surface area (Å²) in [7, 11) is -0.801. The van der Waals surface area contributed by atoms with E-state index < -0.39 is 26.4 Å². The van der Waals surface area contributed by atoms with Gasteiger partial charge in [-0.2, -0.15) is 0 Å². The van der Waals surface area contributed by atoms with Crippen molar-refractivity contribution < 1.29 is 23.9 Å². The molecular weight excluding hydrogens is 252 g/mol. The van der Waals surface area contributed by atoms with Gasteiger partial charge >= 0.3 is 11.9 Å². The standard InChI is InChI=1S/C12H24O5Si/c1-12(2,3)18(5,6)17-9(7-10(13)14)8-11(15)16-4/h9H,7-8H2,1-6H3,(H,13,14). The molecule has 1 unspecified atom stereocenters. The van der Waals surface area contributed by atoms with Crippen molar-refractivity contribution in [2.24, 2.45) is 0 Å². The fourth-order valence-electron chi connectivity index (χ4n) is 1.21. The Hall–Kier alpha value is -0.883. The molecule has 0 saturated heterocycles. The number of carbonyl (C=O) groups is 2. The first-order chi connectivity index (χ1) is 7.99. The van der Waals surface area contributed by atoms with E-state index in [9.17, 15) is 9.59 Å². The van der Waals surface area contributed by atoms with Crippen LogP contribution in [-0.2, 0) is 18.8 Å². The van der Waals surface area contributed by atoms with Crippen molar-refractivity contribution in [1.29, 1.82) is 0 Å². The van der Waals surface area contributed by atoms with E-state index in [4.69, 9.17) is 9.53 Å². The second-order valence-corrected chi connectivity index (χ2v) is 10.6. The van der Waals surface area contributed by atoms with Gasteiger partial charge in [0.15, 0.2) is 8.32 Å². The smallest absolute Gasteiger partial charge is 0.308 e. The molecule has 1 N–H and O–H groups in total. The molecule has 0 bridgehead atoms. The fraction of sp³-hybridized carbons (Fsp3) is 0.833. The first kappa shape index (κ1) is 17.1. The number of methoxy groups -OCH3 is 1. The van der Waals surface area contributed by atoms with E-state index in [1.165, 1.54) is 7.11 Å². The highest BCUT2D eigenvalue weighted by Gasteiger charge is 2.40. The molecule has 0 heterocycles. The van der Waals surface area contributed by atoms with Crippen LogP contribution in [0.4, 0.5) is 0 Å². The highest BCUT2D eigenvalue weighted by Crippen LogP contribution is 2.38. The van der Waals surface area contributed by atoms with Crippen molar-refractivity contribution in [3.8, 4) is 0 Å². The van der Waals surface area contributed by atoms with Crippen molar-refractivity contribution >= 4 is 20.3 Å². The SMILES string of the molecule is COC(=O)CC(CC(=O)O)O[Si](C)(C)C(C)(C)C. The number of hydrogen-bond acceptors (Lipinski definition) is 4. The Bertz CT molecular complexity index is 306. The van der Waals surface area contributed by atoms with Crippen molar-refractivity contribution in [2.45, 2.75) is 57.8 Å². The van der Waals surface area contributed by atoms with Crippen LogP contribution in [0.5, 0.6) is 0 Å². The van der Waals surface area contributed by atoms with Crippen LogP contribution in [0, 0.1) is 0 Å². The number of carboxylic acid groups (broad SMARTS) is 1. The second-order valence-electron chi connectivity index (χ2n) is 5.88. The number of aliphatic carboxylic acids is 1. The van der Waals surface area contributed by atoms with Crippen LogP contribution in [0.15, 0.2) is 0 Å². The third-order valence-corrected chi connectivity index (χ3v) is 7.83. The Balaban J connectivity index is 4.78. The van der Waals surface area contributed by atoms with Crippen molar-refractivity contribution in [2.75, 3.05) is 7.11 Å². The lowest BCUT2D eigenvalue weighted by Gasteiger charge is -2.38. The number of carboxylic acids is 1. The van der Waals surface area contributed by atoms with Crippen LogP contribution < -0.4 is 0 Å². The summed E-state index contributed by atoms with van der Waals surface area (Å²) in [6, 6.07) is 0. The van der Waals surface area contributed by atoms with E-state index in [1.807, 2.05) is 13.1 Å². The van der Waals surface area contributed by atoms with Gasteiger partial charge in [0.1, 0.15) is 0 Å². The van der Waals surface area contributed by atoms with Crippen molar-refractivity contribution in [1.82, 2.24) is 0 Å². The lowest BCUT2D eigenvalue weighted by molar-refractivity contribution is -0.144. The van der Waals surface area contributed by atoms with Gasteiger partial charge in [0.25, 0.3) is 0 Å². The minimum absolute atomic E-state index is 0.0185. The Kier molecular flexibility index (Phi) is 6.02. The maximum absolute atomic E-state index is 11.3. The quantitative estimate of drug-likeness (QED) is 0.596. The van der Waals surface area contributed by atoms with E-state index in [2.05, 4.69) is 25.5 Å². The number of rotatable bonds is 6. The lowest BCUT2D eigenvalue weighted by atomic mass is 10.2. The number of hydrogen-bond donors (Lipinski definition) is 1. The molecule has 0 aliphatic carbocycles. The highest BCUT2D eigenvalue weighted by atomic mass is 28.4. The molecule has 0 spiro atoms. The summed E-state index contributed by atoms with van der Waals surface area (Å²) in [4.78, 5) is 22.1. The minimum atomic E-state index is -2.09. The van der Waals surface area contributed by atoms with E-state index in [0.29, 0.717) is 0 Å². The molecule has 106 valence electrons. The minimum Gasteiger partial charge on any atom is -0.481 e. The molecule has 0 fully saturated rings. The zero-order valence-electron chi connectivity index (χ0n) is 12.1. The molecule has 0 aromatic rings. The number of ether oxygens (including phenoxy) is 1. The summed E-state index contributed by atoms with van der Waals surface area (Å²) >= 11 is 0. The molecule has 0 radical (unpaired) electrons. The maximum atomic E-state index is 11.3. The van der Waals surface area contributed by atoms with E-state index in [1.54, 1.807) is 0 Å². The van der Waals surface area contributed by atoms with Crippen LogP contribution in [0.25, 0.3) is 0 Å². The molecule has 0 aliphatic rings. The van der Waals surface area contributed by atoms with E-state index in [-0.39, 0.29) is 17.9 Å². The van der Waals surface area contributed by atoms with E-state index in [0.717, 1.165) is 0 Å². The monoisotopic (exact) mass is 276 g/mol. The molecule has 0 amide bonds. The van der Waals surface area contributed by atoms with E-state index >= 15 is 0 Å². The predicted octanol–water partition coefficient (Wildman–Crippen LogP) is 2.41. The summed E-state index contributed by atoms with van der Waals surface area (Å²) in [5, 5.41) is 8.82. The van der Waals surface area contributed by atoms with Crippen LogP contribution in [0.3, 0.4) is 0 Å². The summed E-state index contributed by atoms with van der Waals surface area (Å²) in [5.74, 6) is -1.41. The summed E-state index contributed by atoms with van der Waals surface area (Å²) in [6.07, 6.45) is -0.812. The first-order valence-electron chi connectivity index (χ1n) is 5.96. The Morgan fingerprint density at radius 2 is 1.72 bits per heavy atom. The van der Waals surface area contributed by atoms with Gasteiger partial charge in [0.2, 0.25) is 0 Å². The molecular formula is C12H24O5Si. The predicted molar refractivity (Wildman–Crippen MR) is 71.0 cm³/mol. The Morgan fingerprint density at radius 3 is 2.06 bits per heavy atom. The largest absolute Gasteiger partial charge is 0.481 e. The lowest BCUT2D eigenvalue weighted by Crippen LogP contribution is -2.45. The molecule has 0 rings (SSSR count). The van der Waals surface area contributed by atoms with Gasteiger partial charge < -0.3 is 14.3 Å². The van der Waals surface area contributed by atoms with Gasteiger partial charge in [-0.25, -0.2) is 0 Å². The van der Waals surface area contributed by atoms with Gasteiger partial charge in [-0.05, 0) is 18.1 Å². The third kappa shape index (κ3) is 5.64. The topological polar surface area (TPSA) is 72.8 Å². The van der Waals surface area contributed by atoms with Crippen LogP contribution in [0.2, 0.25) is 18.1 Å². The van der Waals surface area contributed by atoms with Crippen LogP contribution >= 0.6 is 0 Å². The summed E-state index contributed by atoms with van der Waals surface area (Å²) < 4.78 is 10.5. The average molecular weight is 276 g/mol. The Labute approximate surface area is 110 Å². The molecule has 5 nitrogen and oxygen atoms in total. The molecule has 6 heteroatoms. The second kappa shape index (κ2) is 6.33. The Morgan fingerprint density at radius 1 is 1.22 bits per heavy atom. The van der Waals surface area contributed by atoms with Gasteiger partial charge in [-0.1, -0.05) is 20.8 Å². The van der Waals surface area contributed by atoms with Crippen molar-refractivity contribution in [3.05, 3.63) is 0 Å². The third-order valence-electron chi connectivity index (χ3n) is 3.29. The molecule has 0 aromatic carbocycles. The zero-order valence-corrected chi connectivity index (χ0v) is 13.1. The summed E-state index contributed by atoms with van der Waals surface area (Å²) in [6.45, 7) is 10.2. The van der Waals surface area contributed by atoms with Crippen LogP contribution in [-0.4, -0.2) is 38.6 Å². The summed E-state index contributed by atoms with van der Waals surface area (Å²) in [5.41, 5.74) is 0. The molecule has 18 heavy (non-hydrogen) atoms. The maximum Gasteiger partial charge on any atom is 0.308 e. The molecule has 0 saturated carbocycles. The first-order valence-corrected chi connectivity index (χ1v) is 8.87. The number of esters is 1. The normalized spacial score (nSPS) is 14.1. The van der Waals surface area contributed by atoms with Crippen LogP contribution in [0.1, 0.15) is 33.6 Å². The molecule has 0 aromatic heterocycles. The zero-order chi connectivity index (χ0) is 14.6.